The zero-order chi connectivity index (χ0) is 37.5. The van der Waals surface area contributed by atoms with Crippen LogP contribution in [0.5, 0.6) is 0 Å². The normalized spacial score (nSPS) is 15.9. The van der Waals surface area contributed by atoms with Crippen LogP contribution in [0.25, 0.3) is 78.2 Å². The van der Waals surface area contributed by atoms with E-state index in [0.717, 1.165) is 49.9 Å². The summed E-state index contributed by atoms with van der Waals surface area (Å²) in [6.07, 6.45) is 8.83. The SMILES string of the molecule is C1=CC2c3ccccc3N(c3cccc(-c4nc(-c5ccccc5)nc(-n5c6ccccc6c6c5ccc5c7ccccc7n(-c7ccccc7)c56)n4)n3)C2C=C1. The average molecular weight is 732 g/mol. The van der Waals surface area contributed by atoms with Gasteiger partial charge in [-0.15, -0.1) is 0 Å². The van der Waals surface area contributed by atoms with Crippen LogP contribution in [0.2, 0.25) is 0 Å². The fourth-order valence-corrected chi connectivity index (χ4v) is 9.10. The number of allylic oxidation sites excluding steroid dienone is 2. The van der Waals surface area contributed by atoms with Gasteiger partial charge in [0.25, 0.3) is 0 Å². The topological polar surface area (TPSA) is 64.7 Å². The Morgan fingerprint density at radius 1 is 0.456 bits per heavy atom. The Morgan fingerprint density at radius 2 is 1.16 bits per heavy atom. The molecule has 0 bridgehead atoms. The number of benzene rings is 6. The summed E-state index contributed by atoms with van der Waals surface area (Å²) in [5.41, 5.74) is 9.50. The van der Waals surface area contributed by atoms with Gasteiger partial charge in [-0.1, -0.05) is 140 Å². The van der Waals surface area contributed by atoms with Crippen LogP contribution >= 0.6 is 0 Å². The fourth-order valence-electron chi connectivity index (χ4n) is 9.10. The van der Waals surface area contributed by atoms with Crippen LogP contribution in [0.4, 0.5) is 11.5 Å². The lowest BCUT2D eigenvalue weighted by molar-refractivity contribution is 0.738. The molecule has 7 nitrogen and oxygen atoms in total. The lowest BCUT2D eigenvalue weighted by Crippen LogP contribution is -2.29. The quantitative estimate of drug-likeness (QED) is 0.176. The minimum Gasteiger partial charge on any atom is -0.318 e. The summed E-state index contributed by atoms with van der Waals surface area (Å²) in [7, 11) is 0. The summed E-state index contributed by atoms with van der Waals surface area (Å²) < 4.78 is 4.59. The van der Waals surface area contributed by atoms with Crippen molar-refractivity contribution in [3.8, 4) is 34.5 Å². The molecule has 10 aromatic rings. The molecule has 0 saturated carbocycles. The molecule has 7 heteroatoms. The summed E-state index contributed by atoms with van der Waals surface area (Å²) in [6.45, 7) is 0. The maximum absolute atomic E-state index is 5.31. The minimum absolute atomic E-state index is 0.130. The van der Waals surface area contributed by atoms with Gasteiger partial charge < -0.3 is 9.47 Å². The number of pyridine rings is 1. The Bertz CT molecular complexity index is 3270. The van der Waals surface area contributed by atoms with Crippen LogP contribution in [-0.4, -0.2) is 35.1 Å². The van der Waals surface area contributed by atoms with Crippen molar-refractivity contribution in [1.29, 1.82) is 0 Å². The zero-order valence-electron chi connectivity index (χ0n) is 30.7. The van der Waals surface area contributed by atoms with E-state index in [1.165, 1.54) is 22.0 Å². The smallest absolute Gasteiger partial charge is 0.238 e. The molecule has 0 spiro atoms. The van der Waals surface area contributed by atoms with Gasteiger partial charge in [0.2, 0.25) is 5.95 Å². The van der Waals surface area contributed by atoms with Crippen molar-refractivity contribution in [2.45, 2.75) is 12.0 Å². The van der Waals surface area contributed by atoms with Crippen LogP contribution in [0.15, 0.2) is 188 Å². The van der Waals surface area contributed by atoms with Gasteiger partial charge >= 0.3 is 0 Å². The van der Waals surface area contributed by atoms with E-state index >= 15 is 0 Å². The van der Waals surface area contributed by atoms with Crippen molar-refractivity contribution in [3.05, 3.63) is 194 Å². The summed E-state index contributed by atoms with van der Waals surface area (Å²) in [5.74, 6) is 2.73. The highest BCUT2D eigenvalue weighted by Gasteiger charge is 2.37. The third-order valence-electron chi connectivity index (χ3n) is 11.5. The standard InChI is InChI=1S/C50H33N7/c1-3-16-32(17-4-1)48-52-49(39-24-15-29-45(51-39)56-41-26-12-7-20-34(41)35-21-8-13-27-42(35)56)54-50(53-48)57-43-28-14-10-23-38(43)46-44(57)31-30-37-36-22-9-11-25-40(36)55(47(37)46)33-18-5-2-6-19-33/h1-31,34,41H. The molecule has 5 heterocycles. The van der Waals surface area contributed by atoms with E-state index in [4.69, 9.17) is 19.9 Å². The number of fused-ring (bicyclic) bond motifs is 10. The van der Waals surface area contributed by atoms with Crippen LogP contribution in [0.1, 0.15) is 11.5 Å². The first-order valence-electron chi connectivity index (χ1n) is 19.3. The molecule has 268 valence electrons. The summed E-state index contributed by atoms with van der Waals surface area (Å²) in [4.78, 5) is 23.3. The molecular formula is C50H33N7. The Labute approximate surface area is 328 Å². The van der Waals surface area contributed by atoms with E-state index in [-0.39, 0.29) is 12.0 Å². The van der Waals surface area contributed by atoms with Crippen molar-refractivity contribution in [2.75, 3.05) is 4.90 Å². The van der Waals surface area contributed by atoms with Gasteiger partial charge in [0, 0.05) is 44.4 Å². The van der Waals surface area contributed by atoms with E-state index in [1.54, 1.807) is 0 Å². The Morgan fingerprint density at radius 3 is 2.02 bits per heavy atom. The number of nitrogens with zero attached hydrogens (tertiary/aromatic N) is 7. The monoisotopic (exact) mass is 731 g/mol. The number of hydrogen-bond donors (Lipinski definition) is 0. The number of para-hydroxylation sites is 4. The second-order valence-corrected chi connectivity index (χ2v) is 14.6. The molecule has 0 radical (unpaired) electrons. The highest BCUT2D eigenvalue weighted by atomic mass is 15.3. The molecule has 2 aliphatic rings. The van der Waals surface area contributed by atoms with E-state index in [1.807, 2.05) is 36.4 Å². The molecule has 2 unspecified atom stereocenters. The first-order valence-corrected chi connectivity index (χ1v) is 19.3. The van der Waals surface area contributed by atoms with E-state index in [2.05, 4.69) is 166 Å². The third-order valence-corrected chi connectivity index (χ3v) is 11.5. The molecule has 57 heavy (non-hydrogen) atoms. The Balaban J connectivity index is 1.11. The number of anilines is 2. The zero-order valence-corrected chi connectivity index (χ0v) is 30.7. The van der Waals surface area contributed by atoms with Gasteiger partial charge in [-0.25, -0.2) is 9.97 Å². The van der Waals surface area contributed by atoms with Crippen molar-refractivity contribution < 1.29 is 0 Å². The van der Waals surface area contributed by atoms with E-state index in [0.29, 0.717) is 23.3 Å². The molecule has 4 aromatic heterocycles. The number of aromatic nitrogens is 6. The maximum atomic E-state index is 5.31. The van der Waals surface area contributed by atoms with E-state index in [9.17, 15) is 0 Å². The highest BCUT2D eigenvalue weighted by Crippen LogP contribution is 2.47. The van der Waals surface area contributed by atoms with Crippen molar-refractivity contribution in [1.82, 2.24) is 29.1 Å². The van der Waals surface area contributed by atoms with E-state index < -0.39 is 0 Å². The van der Waals surface area contributed by atoms with Crippen LogP contribution in [0.3, 0.4) is 0 Å². The molecule has 12 rings (SSSR count). The lowest BCUT2D eigenvalue weighted by atomic mass is 9.91. The first-order chi connectivity index (χ1) is 28.3. The second-order valence-electron chi connectivity index (χ2n) is 14.6. The molecule has 0 amide bonds. The summed E-state index contributed by atoms with van der Waals surface area (Å²) in [6, 6.07) is 57.4. The molecule has 2 atom stereocenters. The van der Waals surface area contributed by atoms with Crippen LogP contribution < -0.4 is 4.90 Å². The van der Waals surface area contributed by atoms with Gasteiger partial charge in [-0.05, 0) is 54.1 Å². The Kier molecular flexibility index (Phi) is 6.92. The number of hydrogen-bond acceptors (Lipinski definition) is 5. The van der Waals surface area contributed by atoms with Gasteiger partial charge in [-0.3, -0.25) is 4.57 Å². The largest absolute Gasteiger partial charge is 0.318 e. The van der Waals surface area contributed by atoms with Crippen molar-refractivity contribution in [2.24, 2.45) is 0 Å². The maximum Gasteiger partial charge on any atom is 0.238 e. The molecule has 1 aliphatic heterocycles. The van der Waals surface area contributed by atoms with Gasteiger partial charge in [0.15, 0.2) is 11.6 Å². The highest BCUT2D eigenvalue weighted by molar-refractivity contribution is 6.26. The molecular weight excluding hydrogens is 699 g/mol. The molecule has 6 aromatic carbocycles. The minimum atomic E-state index is 0.130. The van der Waals surface area contributed by atoms with Crippen LogP contribution in [-0.2, 0) is 0 Å². The van der Waals surface area contributed by atoms with Gasteiger partial charge in [-0.2, -0.15) is 9.97 Å². The van der Waals surface area contributed by atoms with Gasteiger partial charge in [0.1, 0.15) is 11.5 Å². The average Bonchev–Trinajstić information content (AvgIpc) is 3.93. The molecule has 1 aliphatic carbocycles. The lowest BCUT2D eigenvalue weighted by Gasteiger charge is -2.27. The Hall–Kier alpha value is -7.64. The fraction of sp³-hybridized carbons (Fsp3) is 0.0400. The van der Waals surface area contributed by atoms with Crippen molar-refractivity contribution in [3.63, 3.8) is 0 Å². The molecule has 0 N–H and O–H groups in total. The predicted octanol–water partition coefficient (Wildman–Crippen LogP) is 11.5. The summed E-state index contributed by atoms with van der Waals surface area (Å²) >= 11 is 0. The van der Waals surface area contributed by atoms with Gasteiger partial charge in [0.05, 0.1) is 28.1 Å². The first kappa shape index (κ1) is 31.7. The molecule has 0 saturated heterocycles. The van der Waals surface area contributed by atoms with Crippen LogP contribution in [0, 0.1) is 0 Å². The third kappa shape index (κ3) is 4.79. The number of rotatable bonds is 5. The molecule has 0 fully saturated rings. The van der Waals surface area contributed by atoms with Crippen molar-refractivity contribution >= 4 is 55.1 Å². The summed E-state index contributed by atoms with van der Waals surface area (Å²) in [5, 5.41) is 4.67. The predicted molar refractivity (Wildman–Crippen MR) is 231 cm³/mol. The second kappa shape index (κ2) is 12.4.